The number of benzene rings is 1. The maximum absolute atomic E-state index is 13.7. The molecule has 39 heavy (non-hydrogen) atoms. The second-order valence-corrected chi connectivity index (χ2v) is 9.18. The van der Waals surface area contributed by atoms with E-state index in [1.807, 2.05) is 50.2 Å². The minimum atomic E-state index is -4.59. The highest BCUT2D eigenvalue weighted by molar-refractivity contribution is 6.00. The van der Waals surface area contributed by atoms with Gasteiger partial charge in [0.15, 0.2) is 11.5 Å². The molecule has 13 heteroatoms. The molecule has 0 saturated carbocycles. The van der Waals surface area contributed by atoms with E-state index in [9.17, 15) is 18.0 Å². The molecule has 5 heterocycles. The number of fused-ring (bicyclic) bond motifs is 2. The van der Waals surface area contributed by atoms with Crippen molar-refractivity contribution in [3.05, 3.63) is 88.6 Å². The number of alkyl halides is 3. The van der Waals surface area contributed by atoms with Gasteiger partial charge in [-0.1, -0.05) is 18.2 Å². The molecule has 0 amide bonds. The van der Waals surface area contributed by atoms with E-state index < -0.39 is 17.9 Å². The summed E-state index contributed by atoms with van der Waals surface area (Å²) in [6.45, 7) is 3.68. The molecule has 0 aliphatic rings. The number of aromatic amines is 1. The minimum Gasteiger partial charge on any atom is -0.360 e. The van der Waals surface area contributed by atoms with Crippen molar-refractivity contribution in [3.8, 4) is 16.9 Å². The van der Waals surface area contributed by atoms with Crippen molar-refractivity contribution < 1.29 is 13.2 Å². The van der Waals surface area contributed by atoms with Crippen LogP contribution in [0.15, 0.2) is 66.0 Å². The lowest BCUT2D eigenvalue weighted by atomic mass is 10.1. The van der Waals surface area contributed by atoms with Crippen LogP contribution in [0.25, 0.3) is 33.5 Å². The van der Waals surface area contributed by atoms with E-state index in [1.165, 1.54) is 18.1 Å². The maximum Gasteiger partial charge on any atom is 0.435 e. The average molecular weight is 534 g/mol. The molecule has 1 atom stereocenters. The summed E-state index contributed by atoms with van der Waals surface area (Å²) in [6.07, 6.45) is 0.0548. The second-order valence-electron chi connectivity index (χ2n) is 9.18. The van der Waals surface area contributed by atoms with Gasteiger partial charge >= 0.3 is 6.18 Å². The third-order valence-corrected chi connectivity index (χ3v) is 6.58. The fraction of sp³-hybridized carbons (Fsp3) is 0.192. The molecule has 1 aromatic carbocycles. The third kappa shape index (κ3) is 4.02. The third-order valence-electron chi connectivity index (χ3n) is 6.58. The molecule has 2 N–H and O–H groups in total. The quantitative estimate of drug-likeness (QED) is 0.334. The van der Waals surface area contributed by atoms with E-state index in [-0.39, 0.29) is 11.3 Å². The summed E-state index contributed by atoms with van der Waals surface area (Å²) in [7, 11) is 1.44. The number of H-pyrrole nitrogens is 1. The smallest absolute Gasteiger partial charge is 0.360 e. The zero-order valence-electron chi connectivity index (χ0n) is 21.0. The Bertz CT molecular complexity index is 1900. The van der Waals surface area contributed by atoms with Crippen LogP contribution in [0.1, 0.15) is 30.0 Å². The predicted octanol–water partition coefficient (Wildman–Crippen LogP) is 4.66. The Hall–Kier alpha value is -4.94. The molecule has 6 aromatic rings. The Morgan fingerprint density at radius 2 is 1.85 bits per heavy atom. The standard InChI is InChI=1S/C26H22F3N9O/c1-14-9-10-37-21(14)25(39)38(16-7-5-4-6-8-16)24(35-37)15(2)33-23-20-17(12-30-22(20)31-13-32-23)18-11-19(26(27,28)29)34-36(18)3/h4-13,15H,1-3H3,(H2,30,31,32,33). The Balaban J connectivity index is 1.49. The molecule has 5 aromatic heterocycles. The summed E-state index contributed by atoms with van der Waals surface area (Å²) in [4.78, 5) is 25.3. The number of hydrogen-bond acceptors (Lipinski definition) is 6. The highest BCUT2D eigenvalue weighted by atomic mass is 19.4. The zero-order chi connectivity index (χ0) is 27.5. The van der Waals surface area contributed by atoms with Crippen molar-refractivity contribution in [1.82, 2.24) is 38.9 Å². The first kappa shape index (κ1) is 24.4. The largest absolute Gasteiger partial charge is 0.435 e. The number of halogens is 3. The summed E-state index contributed by atoms with van der Waals surface area (Å²) in [5.74, 6) is 0.772. The van der Waals surface area contributed by atoms with Gasteiger partial charge in [0, 0.05) is 25.0 Å². The van der Waals surface area contributed by atoms with Gasteiger partial charge in [0.25, 0.3) is 5.56 Å². The summed E-state index contributed by atoms with van der Waals surface area (Å²) >= 11 is 0. The molecular formula is C26H22F3N9O. The lowest BCUT2D eigenvalue weighted by molar-refractivity contribution is -0.141. The number of nitrogens with one attached hydrogen (secondary N) is 2. The first-order valence-electron chi connectivity index (χ1n) is 12.0. The van der Waals surface area contributed by atoms with Gasteiger partial charge in [-0.25, -0.2) is 14.5 Å². The molecule has 0 aliphatic heterocycles. The lowest BCUT2D eigenvalue weighted by Gasteiger charge is -2.20. The van der Waals surface area contributed by atoms with E-state index >= 15 is 0 Å². The van der Waals surface area contributed by atoms with Crippen molar-refractivity contribution in [2.75, 3.05) is 5.32 Å². The van der Waals surface area contributed by atoms with Crippen LogP contribution in [0.3, 0.4) is 0 Å². The maximum atomic E-state index is 13.7. The van der Waals surface area contributed by atoms with Crippen LogP contribution in [-0.2, 0) is 13.2 Å². The molecule has 0 aliphatic carbocycles. The number of hydrogen-bond donors (Lipinski definition) is 2. The summed E-state index contributed by atoms with van der Waals surface area (Å²) in [5, 5.41) is 12.2. The van der Waals surface area contributed by atoms with Gasteiger partial charge in [0.1, 0.15) is 23.3 Å². The van der Waals surface area contributed by atoms with Crippen LogP contribution in [0.4, 0.5) is 19.0 Å². The summed E-state index contributed by atoms with van der Waals surface area (Å²) in [5.41, 5.74) is 1.78. The second kappa shape index (κ2) is 8.82. The first-order valence-corrected chi connectivity index (χ1v) is 12.0. The van der Waals surface area contributed by atoms with Crippen LogP contribution in [0.5, 0.6) is 0 Å². The van der Waals surface area contributed by atoms with Crippen LogP contribution in [0.2, 0.25) is 0 Å². The minimum absolute atomic E-state index is 0.230. The van der Waals surface area contributed by atoms with Crippen LogP contribution in [0, 0.1) is 6.92 Å². The average Bonchev–Trinajstić information content (AvgIpc) is 3.61. The highest BCUT2D eigenvalue weighted by Gasteiger charge is 2.35. The highest BCUT2D eigenvalue weighted by Crippen LogP contribution is 2.36. The van der Waals surface area contributed by atoms with Gasteiger partial charge in [-0.15, -0.1) is 0 Å². The van der Waals surface area contributed by atoms with Crippen LogP contribution >= 0.6 is 0 Å². The predicted molar refractivity (Wildman–Crippen MR) is 139 cm³/mol. The Morgan fingerprint density at radius 1 is 1.08 bits per heavy atom. The topological polar surface area (TPSA) is 111 Å². The molecule has 1 unspecified atom stereocenters. The molecular weight excluding hydrogens is 511 g/mol. The molecule has 198 valence electrons. The Morgan fingerprint density at radius 3 is 2.56 bits per heavy atom. The van der Waals surface area contributed by atoms with Gasteiger partial charge in [-0.3, -0.25) is 14.0 Å². The van der Waals surface area contributed by atoms with Crippen molar-refractivity contribution >= 4 is 22.4 Å². The van der Waals surface area contributed by atoms with E-state index in [2.05, 4.69) is 25.4 Å². The van der Waals surface area contributed by atoms with Crippen molar-refractivity contribution in [3.63, 3.8) is 0 Å². The fourth-order valence-electron chi connectivity index (χ4n) is 4.74. The van der Waals surface area contributed by atoms with E-state index in [0.29, 0.717) is 39.4 Å². The molecule has 0 spiro atoms. The number of nitrogens with zero attached hydrogens (tertiary/aromatic N) is 7. The molecule has 0 saturated heterocycles. The number of para-hydroxylation sites is 1. The molecule has 10 nitrogen and oxygen atoms in total. The molecule has 6 rings (SSSR count). The van der Waals surface area contributed by atoms with Crippen molar-refractivity contribution in [2.45, 2.75) is 26.1 Å². The summed E-state index contributed by atoms with van der Waals surface area (Å²) < 4.78 is 44.3. The molecule has 0 bridgehead atoms. The number of rotatable bonds is 5. The van der Waals surface area contributed by atoms with Crippen molar-refractivity contribution in [2.24, 2.45) is 7.05 Å². The Kier molecular flexibility index (Phi) is 5.52. The zero-order valence-corrected chi connectivity index (χ0v) is 21.0. The summed E-state index contributed by atoms with van der Waals surface area (Å²) in [6, 6.07) is 11.4. The first-order chi connectivity index (χ1) is 18.6. The SMILES string of the molecule is Cc1ccn2nc(C(C)Nc3ncnc4[nH]cc(-c5cc(C(F)(F)F)nn5C)c34)n(-c3ccccc3)c(=O)c12. The van der Waals surface area contributed by atoms with Crippen molar-refractivity contribution in [1.29, 1.82) is 0 Å². The molecule has 0 fully saturated rings. The van der Waals surface area contributed by atoms with Crippen LogP contribution < -0.4 is 10.9 Å². The number of aromatic nitrogens is 8. The van der Waals surface area contributed by atoms with E-state index in [0.717, 1.165) is 11.6 Å². The fourth-order valence-corrected chi connectivity index (χ4v) is 4.74. The van der Waals surface area contributed by atoms with Gasteiger partial charge in [-0.05, 0) is 43.7 Å². The number of anilines is 1. The van der Waals surface area contributed by atoms with E-state index in [4.69, 9.17) is 5.10 Å². The van der Waals surface area contributed by atoms with E-state index in [1.54, 1.807) is 21.5 Å². The molecule has 0 radical (unpaired) electrons. The van der Waals surface area contributed by atoms with Gasteiger partial charge in [0.2, 0.25) is 0 Å². The van der Waals surface area contributed by atoms with Crippen LogP contribution in [-0.4, -0.2) is 38.9 Å². The Labute approximate surface area is 218 Å². The van der Waals surface area contributed by atoms with Gasteiger partial charge < -0.3 is 10.3 Å². The monoisotopic (exact) mass is 533 g/mol. The lowest BCUT2D eigenvalue weighted by Crippen LogP contribution is -2.29. The van der Waals surface area contributed by atoms with Gasteiger partial charge in [-0.2, -0.15) is 23.4 Å². The number of aryl methyl sites for hydroxylation is 2. The normalized spacial score (nSPS) is 12.9. The van der Waals surface area contributed by atoms with Gasteiger partial charge in [0.05, 0.1) is 22.8 Å².